The molecular weight excluding hydrogens is 340 g/mol. The highest BCUT2D eigenvalue weighted by atomic mass is 16.6. The molecule has 2 aromatic carbocycles. The Labute approximate surface area is 159 Å². The summed E-state index contributed by atoms with van der Waals surface area (Å²) in [6, 6.07) is 16.7. The van der Waals surface area contributed by atoms with Crippen LogP contribution in [0.25, 0.3) is 0 Å². The number of carbonyl (C=O) groups excluding carboxylic acids is 2. The minimum atomic E-state index is -1.11. The first-order valence-corrected chi connectivity index (χ1v) is 8.90. The summed E-state index contributed by atoms with van der Waals surface area (Å²) in [5, 5.41) is 3.34. The Balaban J connectivity index is 2.10. The van der Waals surface area contributed by atoms with Crippen molar-refractivity contribution in [1.82, 2.24) is 0 Å². The molecule has 140 valence electrons. The number of nitrogens with zero attached hydrogens (tertiary/aromatic N) is 1. The van der Waals surface area contributed by atoms with Gasteiger partial charge < -0.3 is 10.1 Å². The van der Waals surface area contributed by atoms with E-state index in [9.17, 15) is 9.59 Å². The molecule has 0 unspecified atom stereocenters. The smallest absolute Gasteiger partial charge is 0.421 e. The van der Waals surface area contributed by atoms with Crippen LogP contribution in [0.2, 0.25) is 0 Å². The number of rotatable bonds is 4. The monoisotopic (exact) mass is 364 g/mol. The largest absolute Gasteiger partial charge is 0.443 e. The summed E-state index contributed by atoms with van der Waals surface area (Å²) in [5.41, 5.74) is 0.222. The van der Waals surface area contributed by atoms with Gasteiger partial charge in [-0.3, -0.25) is 4.79 Å². The molecular formula is C22H24N2O3. The van der Waals surface area contributed by atoms with Gasteiger partial charge in [-0.05, 0) is 39.0 Å². The van der Waals surface area contributed by atoms with Crippen molar-refractivity contribution in [2.24, 2.45) is 0 Å². The van der Waals surface area contributed by atoms with Crippen molar-refractivity contribution in [1.29, 1.82) is 0 Å². The molecule has 0 radical (unpaired) electrons. The van der Waals surface area contributed by atoms with Crippen molar-refractivity contribution >= 4 is 23.4 Å². The lowest BCUT2D eigenvalue weighted by atomic mass is 9.87. The molecule has 3 rings (SSSR count). The van der Waals surface area contributed by atoms with Gasteiger partial charge in [0.25, 0.3) is 5.91 Å². The van der Waals surface area contributed by atoms with Crippen LogP contribution in [0.1, 0.15) is 32.8 Å². The molecule has 0 aliphatic carbocycles. The fraction of sp³-hybridized carbons (Fsp3) is 0.273. The van der Waals surface area contributed by atoms with Gasteiger partial charge in [0.05, 0.1) is 5.69 Å². The van der Waals surface area contributed by atoms with Crippen molar-refractivity contribution in [3.8, 4) is 0 Å². The quantitative estimate of drug-likeness (QED) is 0.788. The predicted molar refractivity (Wildman–Crippen MR) is 107 cm³/mol. The van der Waals surface area contributed by atoms with Gasteiger partial charge in [-0.1, -0.05) is 42.5 Å². The van der Waals surface area contributed by atoms with Crippen molar-refractivity contribution < 1.29 is 14.3 Å². The van der Waals surface area contributed by atoms with E-state index in [2.05, 4.69) is 11.9 Å². The molecule has 1 atom stereocenters. The lowest BCUT2D eigenvalue weighted by Crippen LogP contribution is -2.49. The van der Waals surface area contributed by atoms with Gasteiger partial charge >= 0.3 is 6.09 Å². The van der Waals surface area contributed by atoms with E-state index in [-0.39, 0.29) is 5.91 Å². The molecule has 0 spiro atoms. The summed E-state index contributed by atoms with van der Waals surface area (Å²) in [4.78, 5) is 27.5. The van der Waals surface area contributed by atoms with Crippen LogP contribution < -0.4 is 10.2 Å². The Hall–Kier alpha value is -3.08. The second kappa shape index (κ2) is 6.91. The van der Waals surface area contributed by atoms with E-state index >= 15 is 0 Å². The number of benzene rings is 2. The third-order valence-corrected chi connectivity index (χ3v) is 4.33. The zero-order valence-corrected chi connectivity index (χ0v) is 15.9. The molecule has 0 aromatic heterocycles. The first kappa shape index (κ1) is 18.7. The fourth-order valence-corrected chi connectivity index (χ4v) is 3.29. The Morgan fingerprint density at radius 2 is 1.78 bits per heavy atom. The second-order valence-electron chi connectivity index (χ2n) is 7.53. The lowest BCUT2D eigenvalue weighted by Gasteiger charge is -2.30. The molecule has 5 nitrogen and oxygen atoms in total. The van der Waals surface area contributed by atoms with Crippen LogP contribution in [-0.2, 0) is 15.1 Å². The number of fused-ring (bicyclic) bond motifs is 1. The molecule has 2 aromatic rings. The highest BCUT2D eigenvalue weighted by Gasteiger charge is 2.53. The van der Waals surface area contributed by atoms with Crippen LogP contribution >= 0.6 is 0 Å². The first-order chi connectivity index (χ1) is 12.8. The summed E-state index contributed by atoms with van der Waals surface area (Å²) in [7, 11) is 0. The summed E-state index contributed by atoms with van der Waals surface area (Å²) in [6.45, 7) is 9.14. The maximum absolute atomic E-state index is 13.5. The number of imide groups is 1. The highest BCUT2D eigenvalue weighted by molar-refractivity contribution is 6.22. The number of nitrogens with one attached hydrogen (secondary N) is 1. The molecule has 0 saturated heterocycles. The standard InChI is InChI=1S/C22H24N2O3/c1-5-15-22(23-16-11-7-6-8-12-16)17-13-9-10-14-18(17)24(19(22)25)20(26)27-21(2,3)4/h5-14,23H,1,15H2,2-4H3/t22-/m1/s1. The Bertz CT molecular complexity index is 871. The van der Waals surface area contributed by atoms with E-state index in [0.717, 1.165) is 16.2 Å². The number of hydrogen-bond acceptors (Lipinski definition) is 4. The maximum atomic E-state index is 13.5. The van der Waals surface area contributed by atoms with Crippen LogP contribution in [0.4, 0.5) is 16.2 Å². The molecule has 0 saturated carbocycles. The number of para-hydroxylation sites is 2. The summed E-state index contributed by atoms with van der Waals surface area (Å²) >= 11 is 0. The van der Waals surface area contributed by atoms with Gasteiger partial charge in [0.2, 0.25) is 0 Å². The maximum Gasteiger partial charge on any atom is 0.421 e. The zero-order valence-electron chi connectivity index (χ0n) is 15.9. The van der Waals surface area contributed by atoms with Gasteiger partial charge in [-0.25, -0.2) is 9.69 Å². The molecule has 1 aliphatic heterocycles. The minimum absolute atomic E-state index is 0.330. The molecule has 1 N–H and O–H groups in total. The van der Waals surface area contributed by atoms with Gasteiger partial charge in [0, 0.05) is 17.7 Å². The van der Waals surface area contributed by atoms with Gasteiger partial charge in [-0.2, -0.15) is 0 Å². The highest BCUT2D eigenvalue weighted by Crippen LogP contribution is 2.45. The van der Waals surface area contributed by atoms with Crippen molar-refractivity contribution in [2.75, 3.05) is 10.2 Å². The number of carbonyl (C=O) groups is 2. The van der Waals surface area contributed by atoms with Gasteiger partial charge in [0.1, 0.15) is 11.1 Å². The molecule has 0 bridgehead atoms. The average molecular weight is 364 g/mol. The second-order valence-corrected chi connectivity index (χ2v) is 7.53. The molecule has 1 aliphatic rings. The molecule has 27 heavy (non-hydrogen) atoms. The van der Waals surface area contributed by atoms with Crippen LogP contribution in [0.3, 0.4) is 0 Å². The van der Waals surface area contributed by atoms with Crippen molar-refractivity contribution in [2.45, 2.75) is 38.3 Å². The summed E-state index contributed by atoms with van der Waals surface area (Å²) < 4.78 is 5.48. The van der Waals surface area contributed by atoms with Crippen molar-refractivity contribution in [3.63, 3.8) is 0 Å². The van der Waals surface area contributed by atoms with Crippen LogP contribution in [0, 0.1) is 0 Å². The van der Waals surface area contributed by atoms with E-state index in [1.54, 1.807) is 39.0 Å². The van der Waals surface area contributed by atoms with Gasteiger partial charge in [-0.15, -0.1) is 6.58 Å². The predicted octanol–water partition coefficient (Wildman–Crippen LogP) is 4.85. The van der Waals surface area contributed by atoms with E-state index < -0.39 is 17.2 Å². The van der Waals surface area contributed by atoms with E-state index in [1.807, 2.05) is 42.5 Å². The van der Waals surface area contributed by atoms with E-state index in [1.165, 1.54) is 0 Å². The number of ether oxygens (including phenoxy) is 1. The topological polar surface area (TPSA) is 58.6 Å². The molecule has 5 heteroatoms. The lowest BCUT2D eigenvalue weighted by molar-refractivity contribution is -0.122. The first-order valence-electron chi connectivity index (χ1n) is 8.90. The number of anilines is 2. The third-order valence-electron chi connectivity index (χ3n) is 4.33. The van der Waals surface area contributed by atoms with E-state index in [4.69, 9.17) is 4.74 Å². The molecule has 1 heterocycles. The molecule has 2 amide bonds. The summed E-state index contributed by atoms with van der Waals surface area (Å²) in [6.07, 6.45) is 1.33. The minimum Gasteiger partial charge on any atom is -0.443 e. The third kappa shape index (κ3) is 3.45. The normalized spacial score (nSPS) is 18.8. The van der Waals surface area contributed by atoms with Crippen molar-refractivity contribution in [3.05, 3.63) is 72.8 Å². The van der Waals surface area contributed by atoms with Crippen LogP contribution in [0.5, 0.6) is 0 Å². The van der Waals surface area contributed by atoms with Gasteiger partial charge in [0.15, 0.2) is 0 Å². The number of hydrogen-bond donors (Lipinski definition) is 1. The Morgan fingerprint density at radius 3 is 2.41 bits per heavy atom. The SMILES string of the molecule is C=CC[C@]1(Nc2ccccc2)C(=O)N(C(=O)OC(C)(C)C)c2ccccc21. The Morgan fingerprint density at radius 1 is 1.15 bits per heavy atom. The number of amides is 2. The fourth-order valence-electron chi connectivity index (χ4n) is 3.29. The molecule has 0 fully saturated rings. The zero-order chi connectivity index (χ0) is 19.7. The summed E-state index contributed by atoms with van der Waals surface area (Å²) in [5.74, 6) is -0.373. The Kier molecular flexibility index (Phi) is 4.79. The van der Waals surface area contributed by atoms with Crippen LogP contribution in [-0.4, -0.2) is 17.6 Å². The average Bonchev–Trinajstić information content (AvgIpc) is 2.84. The van der Waals surface area contributed by atoms with Crippen LogP contribution in [0.15, 0.2) is 67.3 Å². The van der Waals surface area contributed by atoms with E-state index in [0.29, 0.717) is 12.1 Å².